The Balaban J connectivity index is 1.21. The fraction of sp³-hybridized carbons (Fsp3) is 0.591. The monoisotopic (exact) mass is 398 g/mol. The highest BCUT2D eigenvalue weighted by molar-refractivity contribution is 6.08. The van der Waals surface area contributed by atoms with Gasteiger partial charge < -0.3 is 14.6 Å². The van der Waals surface area contributed by atoms with Gasteiger partial charge in [0.25, 0.3) is 0 Å². The number of fused-ring (bicyclic) bond motifs is 5. The molecule has 154 valence electrons. The Morgan fingerprint density at radius 3 is 2.45 bits per heavy atom. The molecule has 7 nitrogen and oxygen atoms in total. The van der Waals surface area contributed by atoms with Crippen LogP contribution in [0.15, 0.2) is 35.0 Å². The molecule has 29 heavy (non-hydrogen) atoms. The molecule has 1 aromatic rings. The van der Waals surface area contributed by atoms with Crippen molar-refractivity contribution in [2.45, 2.75) is 31.7 Å². The maximum absolute atomic E-state index is 12.8. The van der Waals surface area contributed by atoms with E-state index in [1.165, 1.54) is 29.1 Å². The number of carbonyl (C=O) groups is 3. The Morgan fingerprint density at radius 2 is 1.83 bits per heavy atom. The van der Waals surface area contributed by atoms with Crippen molar-refractivity contribution in [3.05, 3.63) is 36.3 Å². The van der Waals surface area contributed by atoms with Crippen LogP contribution in [-0.2, 0) is 14.4 Å². The number of furan rings is 1. The molecule has 2 saturated heterocycles. The van der Waals surface area contributed by atoms with Crippen molar-refractivity contribution in [2.75, 3.05) is 26.2 Å². The summed E-state index contributed by atoms with van der Waals surface area (Å²) >= 11 is 0. The van der Waals surface area contributed by atoms with Crippen molar-refractivity contribution in [3.8, 4) is 0 Å². The molecule has 4 aliphatic rings. The topological polar surface area (TPSA) is 84.1 Å². The molecule has 5 atom stereocenters. The zero-order chi connectivity index (χ0) is 20.0. The van der Waals surface area contributed by atoms with Crippen molar-refractivity contribution >= 4 is 17.7 Å². The summed E-state index contributed by atoms with van der Waals surface area (Å²) < 4.78 is 5.63. The average Bonchev–Trinajstić information content (AvgIpc) is 3.51. The van der Waals surface area contributed by atoms with Gasteiger partial charge in [0.2, 0.25) is 17.7 Å². The fourth-order valence-corrected chi connectivity index (χ4v) is 5.83. The summed E-state index contributed by atoms with van der Waals surface area (Å²) in [5, 5.41) is 2.96. The van der Waals surface area contributed by atoms with E-state index in [2.05, 4.69) is 17.5 Å². The van der Waals surface area contributed by atoms with Crippen molar-refractivity contribution in [1.82, 2.24) is 10.2 Å². The number of likely N-dealkylation sites (tertiary alicyclic amines) is 2. The second kappa shape index (κ2) is 7.44. The van der Waals surface area contributed by atoms with E-state index in [0.717, 1.165) is 25.3 Å². The molecule has 0 radical (unpaired) electrons. The number of hydrogen-bond acceptors (Lipinski definition) is 4. The molecule has 1 aromatic heterocycles. The van der Waals surface area contributed by atoms with Gasteiger partial charge in [-0.2, -0.15) is 0 Å². The van der Waals surface area contributed by atoms with Crippen LogP contribution in [0, 0.1) is 23.7 Å². The van der Waals surface area contributed by atoms with Gasteiger partial charge in [0, 0.05) is 0 Å². The molecule has 3 fully saturated rings. The van der Waals surface area contributed by atoms with Gasteiger partial charge in [0.1, 0.15) is 6.54 Å². The highest BCUT2D eigenvalue weighted by Crippen LogP contribution is 2.52. The zero-order valence-corrected chi connectivity index (χ0v) is 16.5. The highest BCUT2D eigenvalue weighted by atomic mass is 16.3. The highest BCUT2D eigenvalue weighted by Gasteiger charge is 2.59. The van der Waals surface area contributed by atoms with Crippen LogP contribution in [0.4, 0.5) is 0 Å². The van der Waals surface area contributed by atoms with Gasteiger partial charge in [0.05, 0.1) is 37.7 Å². The number of carbonyl (C=O) groups excluding carboxylic acids is 3. The third-order valence-corrected chi connectivity index (χ3v) is 7.24. The lowest BCUT2D eigenvalue weighted by atomic mass is 9.85. The van der Waals surface area contributed by atoms with E-state index in [9.17, 15) is 14.4 Å². The molecule has 0 unspecified atom stereocenters. The number of allylic oxidation sites excluding steroid dienone is 2. The van der Waals surface area contributed by atoms with E-state index >= 15 is 0 Å². The van der Waals surface area contributed by atoms with E-state index in [1.807, 2.05) is 12.1 Å². The number of quaternary nitrogens is 1. The molecule has 2 bridgehead atoms. The second-order valence-corrected chi connectivity index (χ2v) is 8.85. The molecule has 2 aliphatic heterocycles. The van der Waals surface area contributed by atoms with Gasteiger partial charge in [-0.1, -0.05) is 12.2 Å². The molecule has 0 aromatic carbocycles. The van der Waals surface area contributed by atoms with E-state index in [-0.39, 0.29) is 54.0 Å². The summed E-state index contributed by atoms with van der Waals surface area (Å²) in [7, 11) is 0. The van der Waals surface area contributed by atoms with Gasteiger partial charge in [-0.25, -0.2) is 0 Å². The predicted molar refractivity (Wildman–Crippen MR) is 103 cm³/mol. The number of rotatable bonds is 6. The lowest BCUT2D eigenvalue weighted by Gasteiger charge is -2.30. The molecule has 1 saturated carbocycles. The van der Waals surface area contributed by atoms with E-state index in [4.69, 9.17) is 4.42 Å². The van der Waals surface area contributed by atoms with Gasteiger partial charge >= 0.3 is 0 Å². The molecular weight excluding hydrogens is 370 g/mol. The van der Waals surface area contributed by atoms with Gasteiger partial charge in [-0.15, -0.1) is 0 Å². The van der Waals surface area contributed by atoms with Gasteiger partial charge in [-0.05, 0) is 49.7 Å². The normalized spacial score (nSPS) is 32.1. The minimum absolute atomic E-state index is 0.0543. The summed E-state index contributed by atoms with van der Waals surface area (Å²) in [6.07, 6.45) is 10.3. The van der Waals surface area contributed by atoms with Crippen molar-refractivity contribution in [1.29, 1.82) is 0 Å². The van der Waals surface area contributed by atoms with Crippen LogP contribution < -0.4 is 10.2 Å². The van der Waals surface area contributed by atoms with Crippen LogP contribution in [-0.4, -0.2) is 48.8 Å². The van der Waals surface area contributed by atoms with Crippen molar-refractivity contribution < 1.29 is 23.7 Å². The third-order valence-electron chi connectivity index (χ3n) is 7.24. The molecular formula is C22H28N3O4+. The Bertz CT molecular complexity index is 797. The Hall–Kier alpha value is -2.41. The molecule has 0 spiro atoms. The van der Waals surface area contributed by atoms with Crippen LogP contribution in [0.1, 0.15) is 37.5 Å². The average molecular weight is 398 g/mol. The molecule has 3 heterocycles. The van der Waals surface area contributed by atoms with Crippen LogP contribution in [0.25, 0.3) is 0 Å². The number of nitrogens with zero attached hydrogens (tertiary/aromatic N) is 1. The fourth-order valence-electron chi connectivity index (χ4n) is 5.83. The first-order valence-corrected chi connectivity index (χ1v) is 10.8. The Labute approximate surface area is 170 Å². The third kappa shape index (κ3) is 3.21. The smallest absolute Gasteiger partial charge is 0.240 e. The SMILES string of the molecule is O=C(CN1C(=O)[C@@H]2[C@H](C1=O)[C@H]1C=C[C@@H]2C1)NC[C@H](c1ccco1)[NH+]1CCCCC1. The maximum Gasteiger partial charge on any atom is 0.240 e. The molecule has 2 N–H and O–H groups in total. The largest absolute Gasteiger partial charge is 0.463 e. The first kappa shape index (κ1) is 18.6. The number of imide groups is 1. The standard InChI is InChI=1S/C22H27N3O4/c26-18(13-25-21(27)19-14-6-7-15(11-14)20(19)22(25)28)23-12-16(17-5-4-10-29-17)24-8-2-1-3-9-24/h4-7,10,14-16,19-20H,1-3,8-9,11-13H2,(H,23,26)/p+1/t14-,15+,16-,19+,20-/m1/s1. The van der Waals surface area contributed by atoms with Crippen molar-refractivity contribution in [3.63, 3.8) is 0 Å². The summed E-state index contributed by atoms with van der Waals surface area (Å²) in [6.45, 7) is 2.38. The van der Waals surface area contributed by atoms with Gasteiger partial charge in [0.15, 0.2) is 11.8 Å². The van der Waals surface area contributed by atoms with E-state index < -0.39 is 0 Å². The van der Waals surface area contributed by atoms with Crippen LogP contribution in [0.5, 0.6) is 0 Å². The van der Waals surface area contributed by atoms with Crippen LogP contribution in [0.2, 0.25) is 0 Å². The minimum atomic E-state index is -0.278. The Kier molecular flexibility index (Phi) is 4.78. The van der Waals surface area contributed by atoms with E-state index in [1.54, 1.807) is 6.26 Å². The maximum atomic E-state index is 12.8. The molecule has 7 heteroatoms. The van der Waals surface area contributed by atoms with Gasteiger partial charge in [-0.3, -0.25) is 19.3 Å². The molecule has 3 amide bonds. The summed E-state index contributed by atoms with van der Waals surface area (Å²) in [4.78, 5) is 40.8. The number of piperidine rings is 1. The molecule has 2 aliphatic carbocycles. The Morgan fingerprint density at radius 1 is 1.14 bits per heavy atom. The summed E-state index contributed by atoms with van der Waals surface area (Å²) in [5.41, 5.74) is 0. The number of hydrogen-bond donors (Lipinski definition) is 2. The number of nitrogens with one attached hydrogen (secondary N) is 2. The lowest BCUT2D eigenvalue weighted by molar-refractivity contribution is -0.936. The second-order valence-electron chi connectivity index (χ2n) is 8.85. The van der Waals surface area contributed by atoms with E-state index in [0.29, 0.717) is 6.54 Å². The summed E-state index contributed by atoms with van der Waals surface area (Å²) in [5.74, 6) is 0.0825. The van der Waals surface area contributed by atoms with Crippen molar-refractivity contribution in [2.24, 2.45) is 23.7 Å². The van der Waals surface area contributed by atoms with Crippen LogP contribution >= 0.6 is 0 Å². The quantitative estimate of drug-likeness (QED) is 0.534. The van der Waals surface area contributed by atoms with Crippen LogP contribution in [0.3, 0.4) is 0 Å². The zero-order valence-electron chi connectivity index (χ0n) is 16.5. The molecule has 5 rings (SSSR count). The number of amides is 3. The lowest BCUT2D eigenvalue weighted by Crippen LogP contribution is -3.13. The first-order chi connectivity index (χ1) is 14.1. The summed E-state index contributed by atoms with van der Waals surface area (Å²) in [6, 6.07) is 3.88. The minimum Gasteiger partial charge on any atom is -0.463 e. The predicted octanol–water partition coefficient (Wildman–Crippen LogP) is 0.313. The first-order valence-electron chi connectivity index (χ1n) is 10.8.